The second-order valence-corrected chi connectivity index (χ2v) is 11.7. The minimum absolute atomic E-state index is 0.172. The van der Waals surface area contributed by atoms with E-state index in [1.807, 2.05) is 6.07 Å². The number of carbonyl (C=O) groups is 3. The summed E-state index contributed by atoms with van der Waals surface area (Å²) in [6.45, 7) is 4.64. The molecular formula is C35H39FN4O4. The summed E-state index contributed by atoms with van der Waals surface area (Å²) in [5, 5.41) is 2.64. The monoisotopic (exact) mass is 598 g/mol. The predicted octanol–water partition coefficient (Wildman–Crippen LogP) is 4.85. The Hall–Kier alpha value is -4.66. The second kappa shape index (κ2) is 14.7. The van der Waals surface area contributed by atoms with Crippen molar-refractivity contribution in [2.24, 2.45) is 10.9 Å². The number of likely N-dealkylation sites (N-methyl/N-ethyl adjacent to an activating group) is 1. The molecule has 0 unspecified atom stereocenters. The maximum absolute atomic E-state index is 14.3. The van der Waals surface area contributed by atoms with Gasteiger partial charge in [0.1, 0.15) is 5.82 Å². The lowest BCUT2D eigenvalue weighted by atomic mass is 9.98. The van der Waals surface area contributed by atoms with Crippen LogP contribution in [-0.4, -0.2) is 52.9 Å². The van der Waals surface area contributed by atoms with Crippen molar-refractivity contribution in [3.63, 3.8) is 0 Å². The van der Waals surface area contributed by atoms with Crippen molar-refractivity contribution in [1.82, 2.24) is 14.8 Å². The highest BCUT2D eigenvalue weighted by molar-refractivity contribution is 5.98. The Morgan fingerprint density at radius 2 is 1.80 bits per heavy atom. The number of hydrogen-bond donors (Lipinski definition) is 1. The first-order valence-corrected chi connectivity index (χ1v) is 14.8. The summed E-state index contributed by atoms with van der Waals surface area (Å²) in [6.07, 6.45) is 6.55. The average Bonchev–Trinajstić information content (AvgIpc) is 3.40. The van der Waals surface area contributed by atoms with Crippen molar-refractivity contribution in [3.05, 3.63) is 111 Å². The lowest BCUT2D eigenvalue weighted by Crippen LogP contribution is -2.42. The fourth-order valence-electron chi connectivity index (χ4n) is 5.19. The number of nitrogens with one attached hydrogen (secondary N) is 1. The van der Waals surface area contributed by atoms with E-state index in [-0.39, 0.29) is 41.2 Å². The van der Waals surface area contributed by atoms with Crippen LogP contribution in [-0.2, 0) is 35.4 Å². The fraction of sp³-hybridized carbons (Fsp3) is 0.343. The van der Waals surface area contributed by atoms with Crippen molar-refractivity contribution >= 4 is 29.0 Å². The second-order valence-electron chi connectivity index (χ2n) is 11.7. The van der Waals surface area contributed by atoms with E-state index in [0.717, 1.165) is 23.4 Å². The molecule has 0 radical (unpaired) electrons. The van der Waals surface area contributed by atoms with Gasteiger partial charge in [0.15, 0.2) is 5.78 Å². The Balaban J connectivity index is 1.50. The van der Waals surface area contributed by atoms with Crippen LogP contribution in [0.15, 0.2) is 82.7 Å². The summed E-state index contributed by atoms with van der Waals surface area (Å²) in [5.41, 5.74) is 4.01. The normalized spacial score (nSPS) is 13.1. The third-order valence-electron chi connectivity index (χ3n) is 7.45. The topological polar surface area (TPSA) is 101 Å². The van der Waals surface area contributed by atoms with Gasteiger partial charge in [0.25, 0.3) is 11.5 Å². The maximum atomic E-state index is 14.3. The van der Waals surface area contributed by atoms with E-state index in [4.69, 9.17) is 4.99 Å². The van der Waals surface area contributed by atoms with E-state index in [9.17, 15) is 23.6 Å². The first-order chi connectivity index (χ1) is 21.0. The molecule has 9 heteroatoms. The molecular weight excluding hydrogens is 559 g/mol. The summed E-state index contributed by atoms with van der Waals surface area (Å²) in [5.74, 6) is -1.53. The van der Waals surface area contributed by atoms with Gasteiger partial charge in [-0.25, -0.2) is 4.39 Å². The van der Waals surface area contributed by atoms with Crippen LogP contribution in [0, 0.1) is 11.7 Å². The first kappa shape index (κ1) is 32.3. The number of ketones is 1. The number of amides is 2. The van der Waals surface area contributed by atoms with Gasteiger partial charge in [0.05, 0.1) is 23.8 Å². The fourth-order valence-corrected chi connectivity index (χ4v) is 5.19. The number of aliphatic imine (C=N–C) groups is 1. The molecule has 0 spiro atoms. The summed E-state index contributed by atoms with van der Waals surface area (Å²) < 4.78 is 15.8. The molecule has 0 aliphatic carbocycles. The van der Waals surface area contributed by atoms with Crippen LogP contribution < -0.4 is 10.9 Å². The number of nitrogens with zero attached hydrogens (tertiary/aromatic N) is 3. The molecule has 0 fully saturated rings. The van der Waals surface area contributed by atoms with Crippen LogP contribution in [0.25, 0.3) is 0 Å². The zero-order valence-corrected chi connectivity index (χ0v) is 25.7. The Kier molecular flexibility index (Phi) is 10.8. The molecule has 0 saturated carbocycles. The summed E-state index contributed by atoms with van der Waals surface area (Å²) in [7, 11) is 3.26. The zero-order valence-electron chi connectivity index (χ0n) is 25.7. The summed E-state index contributed by atoms with van der Waals surface area (Å²) >= 11 is 0. The molecule has 1 aliphatic rings. The molecule has 2 heterocycles. The molecule has 1 aliphatic heterocycles. The number of hydrogen-bond acceptors (Lipinski definition) is 5. The predicted molar refractivity (Wildman–Crippen MR) is 170 cm³/mol. The molecule has 3 aromatic rings. The van der Waals surface area contributed by atoms with Gasteiger partial charge in [-0.15, -0.1) is 0 Å². The standard InChI is InChI=1S/C35H39FN4O4/c1-23(2)19-24-11-9-12-25-20-27(37-33(24)25)22-40-18-10-13-26(35(40)44)21-31(41)30(16-7-8-17-32(42)39(3)4)38-34(43)28-14-5-6-15-29(28)36/h5-6,8-15,17-18,23,30H,7,16,19-22H2,1-4H3,(H,38,43)/b17-8+/t30-/m0/s1. The molecule has 1 N–H and O–H groups in total. The van der Waals surface area contributed by atoms with E-state index < -0.39 is 17.8 Å². The zero-order chi connectivity index (χ0) is 31.8. The largest absolute Gasteiger partial charge is 0.345 e. The van der Waals surface area contributed by atoms with Crippen molar-refractivity contribution in [2.45, 2.75) is 58.5 Å². The highest BCUT2D eigenvalue weighted by atomic mass is 19.1. The van der Waals surface area contributed by atoms with E-state index >= 15 is 0 Å². The molecule has 8 nitrogen and oxygen atoms in total. The smallest absolute Gasteiger partial charge is 0.254 e. The number of fused-ring (bicyclic) bond motifs is 1. The van der Waals surface area contributed by atoms with Crippen molar-refractivity contribution in [3.8, 4) is 0 Å². The molecule has 2 aromatic carbocycles. The Labute approximate surface area is 257 Å². The SMILES string of the molecule is CC(C)Cc1cccc2c1N=C(Cn1cccc(CC(=O)[C@H](CC/C=C/C(=O)N(C)C)NC(=O)c3ccccc3F)c1=O)C2. The molecule has 4 rings (SSSR count). The number of aromatic nitrogens is 1. The Morgan fingerprint density at radius 1 is 1.05 bits per heavy atom. The third-order valence-corrected chi connectivity index (χ3v) is 7.45. The number of allylic oxidation sites excluding steroid dienone is 1. The van der Waals surface area contributed by atoms with Crippen LogP contribution in [0.1, 0.15) is 53.7 Å². The van der Waals surface area contributed by atoms with Crippen molar-refractivity contribution in [2.75, 3.05) is 14.1 Å². The van der Waals surface area contributed by atoms with Gasteiger partial charge in [0.2, 0.25) is 5.91 Å². The minimum Gasteiger partial charge on any atom is -0.345 e. The Bertz CT molecular complexity index is 1650. The Morgan fingerprint density at radius 3 is 2.52 bits per heavy atom. The number of halogens is 1. The summed E-state index contributed by atoms with van der Waals surface area (Å²) in [4.78, 5) is 58.0. The van der Waals surface area contributed by atoms with Gasteiger partial charge in [-0.1, -0.05) is 56.3 Å². The van der Waals surface area contributed by atoms with E-state index in [2.05, 4.69) is 31.3 Å². The highest BCUT2D eigenvalue weighted by Gasteiger charge is 2.24. The molecule has 1 aromatic heterocycles. The van der Waals surface area contributed by atoms with Crippen LogP contribution in [0.3, 0.4) is 0 Å². The number of benzene rings is 2. The number of rotatable bonds is 13. The molecule has 44 heavy (non-hydrogen) atoms. The number of para-hydroxylation sites is 1. The van der Waals surface area contributed by atoms with Gasteiger partial charge >= 0.3 is 0 Å². The third kappa shape index (κ3) is 8.24. The summed E-state index contributed by atoms with van der Waals surface area (Å²) in [6, 6.07) is 14.1. The van der Waals surface area contributed by atoms with Gasteiger partial charge in [-0.05, 0) is 60.6 Å². The minimum atomic E-state index is -0.998. The van der Waals surface area contributed by atoms with Crippen molar-refractivity contribution in [1.29, 1.82) is 0 Å². The molecule has 230 valence electrons. The molecule has 1 atom stereocenters. The number of Topliss-reactive ketones (excluding diaryl/α,β-unsaturated/α-hetero) is 1. The van der Waals surface area contributed by atoms with Gasteiger partial charge < -0.3 is 14.8 Å². The first-order valence-electron chi connectivity index (χ1n) is 14.8. The van der Waals surface area contributed by atoms with Gasteiger partial charge in [-0.3, -0.25) is 24.2 Å². The number of pyridine rings is 1. The van der Waals surface area contributed by atoms with Crippen LogP contribution >= 0.6 is 0 Å². The lowest BCUT2D eigenvalue weighted by molar-refractivity contribution is -0.123. The maximum Gasteiger partial charge on any atom is 0.254 e. The van der Waals surface area contributed by atoms with Crippen LogP contribution in [0.2, 0.25) is 0 Å². The van der Waals surface area contributed by atoms with E-state index in [0.29, 0.717) is 25.3 Å². The van der Waals surface area contributed by atoms with E-state index in [1.165, 1.54) is 40.8 Å². The quantitative estimate of drug-likeness (QED) is 0.284. The molecule has 0 saturated heterocycles. The number of carbonyl (C=O) groups excluding carboxylic acids is 3. The average molecular weight is 599 g/mol. The van der Waals surface area contributed by atoms with E-state index in [1.54, 1.807) is 43.1 Å². The van der Waals surface area contributed by atoms with Crippen molar-refractivity contribution < 1.29 is 18.8 Å². The van der Waals surface area contributed by atoms with Gasteiger partial charge in [0, 0.05) is 44.4 Å². The molecule has 2 amide bonds. The van der Waals surface area contributed by atoms with Gasteiger partial charge in [-0.2, -0.15) is 0 Å². The van der Waals surface area contributed by atoms with Crippen LogP contribution in [0.5, 0.6) is 0 Å². The molecule has 0 bridgehead atoms. The lowest BCUT2D eigenvalue weighted by Gasteiger charge is -2.18. The van der Waals surface area contributed by atoms with Crippen LogP contribution in [0.4, 0.5) is 10.1 Å². The highest BCUT2D eigenvalue weighted by Crippen LogP contribution is 2.32.